The Bertz CT molecular complexity index is 1220. The first-order valence-electron chi connectivity index (χ1n) is 12.8. The van der Waals surface area contributed by atoms with Gasteiger partial charge in [-0.3, -0.25) is 4.90 Å². The Morgan fingerprint density at radius 2 is 1.87 bits per heavy atom. The van der Waals surface area contributed by atoms with Crippen molar-refractivity contribution in [3.05, 3.63) is 53.0 Å². The number of allylic oxidation sites excluding steroid dienone is 4. The summed E-state index contributed by atoms with van der Waals surface area (Å²) in [5.41, 5.74) is -2.53. The number of likely N-dealkylation sites (tertiary alicyclic amines) is 1. The molecule has 3 aliphatic heterocycles. The highest BCUT2D eigenvalue weighted by Crippen LogP contribution is 2.39. The summed E-state index contributed by atoms with van der Waals surface area (Å²) >= 11 is 5.35. The van der Waals surface area contributed by atoms with Gasteiger partial charge in [-0.2, -0.15) is 17.5 Å². The number of sulfonamides is 1. The second-order valence-electron chi connectivity index (χ2n) is 10.6. The van der Waals surface area contributed by atoms with E-state index in [0.29, 0.717) is 36.0 Å². The Morgan fingerprint density at radius 3 is 2.53 bits per heavy atom. The molecular weight excluding hydrogens is 539 g/mol. The van der Waals surface area contributed by atoms with Crippen molar-refractivity contribution in [2.75, 3.05) is 50.8 Å². The predicted octanol–water partition coefficient (Wildman–Crippen LogP) is 3.21. The van der Waals surface area contributed by atoms with Gasteiger partial charge in [-0.25, -0.2) is 8.42 Å². The fourth-order valence-electron chi connectivity index (χ4n) is 5.79. The highest BCUT2D eigenvalue weighted by Gasteiger charge is 2.51. The van der Waals surface area contributed by atoms with Gasteiger partial charge in [0.2, 0.25) is 10.0 Å². The molecule has 208 valence electrons. The van der Waals surface area contributed by atoms with E-state index < -0.39 is 21.8 Å². The summed E-state index contributed by atoms with van der Waals surface area (Å²) in [4.78, 5) is 4.90. The molecule has 12 heteroatoms. The highest BCUT2D eigenvalue weighted by molar-refractivity contribution is 7.96. The minimum atomic E-state index is -4.81. The van der Waals surface area contributed by atoms with Crippen LogP contribution in [-0.4, -0.2) is 91.8 Å². The van der Waals surface area contributed by atoms with E-state index in [1.54, 1.807) is 24.3 Å². The Kier molecular flexibility index (Phi) is 7.51. The molecular formula is C26H32F3N3O4S2. The molecule has 0 amide bonds. The third-order valence-corrected chi connectivity index (χ3v) is 10.5. The normalized spacial score (nSPS) is 28.9. The SMILES string of the molecule is C[C@](O)(c1ccc(N2CCN(S(=O)(=O)C3=CC=CCC3=S)C[C@@H]2CN2C[C@H]3CCO[C@H]3C2)cc1)C(F)(F)F. The van der Waals surface area contributed by atoms with Crippen LogP contribution in [0.4, 0.5) is 18.9 Å². The predicted molar refractivity (Wildman–Crippen MR) is 142 cm³/mol. The molecule has 0 bridgehead atoms. The van der Waals surface area contributed by atoms with Crippen molar-refractivity contribution in [1.29, 1.82) is 0 Å². The first kappa shape index (κ1) is 27.7. The number of ether oxygens (including phenoxy) is 1. The Morgan fingerprint density at radius 1 is 1.13 bits per heavy atom. The number of thiocarbonyl (C=S) groups is 1. The fourth-order valence-corrected chi connectivity index (χ4v) is 7.86. The van der Waals surface area contributed by atoms with Gasteiger partial charge in [0.25, 0.3) is 0 Å². The number of hydrogen-bond acceptors (Lipinski definition) is 7. The van der Waals surface area contributed by atoms with E-state index in [1.165, 1.54) is 16.4 Å². The smallest absolute Gasteiger partial charge is 0.377 e. The van der Waals surface area contributed by atoms with Crippen LogP contribution in [0.1, 0.15) is 25.3 Å². The van der Waals surface area contributed by atoms with Crippen LogP contribution in [0, 0.1) is 5.92 Å². The van der Waals surface area contributed by atoms with Crippen molar-refractivity contribution in [2.45, 2.75) is 43.7 Å². The summed E-state index contributed by atoms with van der Waals surface area (Å²) in [6.07, 6.45) is 1.88. The molecule has 38 heavy (non-hydrogen) atoms. The number of alkyl halides is 3. The number of nitrogens with zero attached hydrogens (tertiary/aromatic N) is 3. The molecule has 3 fully saturated rings. The van der Waals surface area contributed by atoms with E-state index in [9.17, 15) is 26.7 Å². The first-order valence-corrected chi connectivity index (χ1v) is 14.6. The van der Waals surface area contributed by atoms with Crippen molar-refractivity contribution < 1.29 is 31.4 Å². The van der Waals surface area contributed by atoms with Crippen molar-refractivity contribution in [3.63, 3.8) is 0 Å². The van der Waals surface area contributed by atoms with E-state index >= 15 is 0 Å². The molecule has 1 aliphatic carbocycles. The lowest BCUT2D eigenvalue weighted by Gasteiger charge is -2.44. The maximum absolute atomic E-state index is 13.5. The zero-order valence-electron chi connectivity index (χ0n) is 21.1. The van der Waals surface area contributed by atoms with Gasteiger partial charge in [-0.15, -0.1) is 0 Å². The van der Waals surface area contributed by atoms with E-state index in [-0.39, 0.29) is 35.7 Å². The van der Waals surface area contributed by atoms with Gasteiger partial charge in [-0.1, -0.05) is 36.5 Å². The summed E-state index contributed by atoms with van der Waals surface area (Å²) in [5, 5.41) is 10.1. The number of hydrogen-bond donors (Lipinski definition) is 1. The quantitative estimate of drug-likeness (QED) is 0.526. The molecule has 1 aromatic carbocycles. The lowest BCUT2D eigenvalue weighted by atomic mass is 9.95. The lowest BCUT2D eigenvalue weighted by molar-refractivity contribution is -0.258. The monoisotopic (exact) mass is 571 g/mol. The van der Waals surface area contributed by atoms with Crippen LogP contribution in [0.3, 0.4) is 0 Å². The van der Waals surface area contributed by atoms with Crippen LogP contribution in [0.2, 0.25) is 0 Å². The number of piperazine rings is 1. The first-order chi connectivity index (χ1) is 17.9. The van der Waals surface area contributed by atoms with Gasteiger partial charge in [-0.05, 0) is 37.1 Å². The number of rotatable bonds is 6. The summed E-state index contributed by atoms with van der Waals surface area (Å²) in [6, 6.07) is 5.47. The van der Waals surface area contributed by atoms with Crippen molar-refractivity contribution in [3.8, 4) is 0 Å². The van der Waals surface area contributed by atoms with Gasteiger partial charge < -0.3 is 14.7 Å². The zero-order chi connectivity index (χ0) is 27.3. The largest absolute Gasteiger partial charge is 0.421 e. The van der Waals surface area contributed by atoms with Crippen LogP contribution < -0.4 is 4.90 Å². The Balaban J connectivity index is 1.39. The number of benzene rings is 1. The molecule has 0 unspecified atom stereocenters. The molecule has 5 rings (SSSR count). The Hall–Kier alpha value is -1.83. The second-order valence-corrected chi connectivity index (χ2v) is 13.0. The maximum Gasteiger partial charge on any atom is 0.421 e. The summed E-state index contributed by atoms with van der Waals surface area (Å²) in [5.74, 6) is 0.465. The van der Waals surface area contributed by atoms with E-state index in [4.69, 9.17) is 17.0 Å². The van der Waals surface area contributed by atoms with Gasteiger partial charge >= 0.3 is 6.18 Å². The Labute approximate surface area is 226 Å². The van der Waals surface area contributed by atoms with Crippen LogP contribution in [0.5, 0.6) is 0 Å². The molecule has 3 heterocycles. The molecule has 0 saturated carbocycles. The molecule has 1 N–H and O–H groups in total. The number of aliphatic hydroxyl groups is 1. The van der Waals surface area contributed by atoms with Gasteiger partial charge in [0.15, 0.2) is 5.60 Å². The summed E-state index contributed by atoms with van der Waals surface area (Å²) < 4.78 is 74.4. The maximum atomic E-state index is 13.5. The molecule has 4 aliphatic rings. The van der Waals surface area contributed by atoms with Crippen molar-refractivity contribution in [2.24, 2.45) is 5.92 Å². The van der Waals surface area contributed by atoms with E-state index in [2.05, 4.69) is 9.80 Å². The summed E-state index contributed by atoms with van der Waals surface area (Å²) in [6.45, 7) is 4.55. The molecule has 4 atom stereocenters. The van der Waals surface area contributed by atoms with E-state index in [1.807, 2.05) is 6.08 Å². The third-order valence-electron chi connectivity index (χ3n) is 8.08. The molecule has 0 spiro atoms. The van der Waals surface area contributed by atoms with E-state index in [0.717, 1.165) is 33.0 Å². The second kappa shape index (κ2) is 10.3. The van der Waals surface area contributed by atoms with Crippen LogP contribution in [0.25, 0.3) is 0 Å². The van der Waals surface area contributed by atoms with Gasteiger partial charge in [0.05, 0.1) is 17.1 Å². The van der Waals surface area contributed by atoms with Gasteiger partial charge in [0.1, 0.15) is 0 Å². The molecule has 7 nitrogen and oxygen atoms in total. The van der Waals surface area contributed by atoms with Crippen molar-refractivity contribution in [1.82, 2.24) is 9.21 Å². The molecule has 0 radical (unpaired) electrons. The van der Waals surface area contributed by atoms with Crippen LogP contribution in [0.15, 0.2) is 47.4 Å². The topological polar surface area (TPSA) is 73.3 Å². The number of fused-ring (bicyclic) bond motifs is 1. The average Bonchev–Trinajstić information content (AvgIpc) is 3.45. The van der Waals surface area contributed by atoms with Crippen molar-refractivity contribution >= 4 is 32.8 Å². The third kappa shape index (κ3) is 5.18. The lowest BCUT2D eigenvalue weighted by Crippen LogP contribution is -2.58. The minimum absolute atomic E-state index is 0.157. The standard InChI is InChI=1S/C26H32F3N3O4S2/c1-25(33,26(27,28)29)19-6-8-20(9-7-19)32-12-11-31(38(34,35)24-5-3-2-4-23(24)37)16-21(32)15-30-14-18-10-13-36-22(18)17-30/h2-3,5-9,18,21-22,33H,4,10-17H2,1H3/t18-,21+,22+,25+/m1/s1. The molecule has 1 aromatic rings. The number of anilines is 1. The minimum Gasteiger partial charge on any atom is -0.377 e. The van der Waals surface area contributed by atoms with Crippen LogP contribution in [-0.2, 0) is 20.4 Å². The summed E-state index contributed by atoms with van der Waals surface area (Å²) in [7, 11) is -3.79. The zero-order valence-corrected chi connectivity index (χ0v) is 22.7. The van der Waals surface area contributed by atoms with Gasteiger partial charge in [0, 0.05) is 68.8 Å². The van der Waals surface area contributed by atoms with Crippen LogP contribution >= 0.6 is 12.2 Å². The average molecular weight is 572 g/mol. The fraction of sp³-hybridized carbons (Fsp3) is 0.577. The molecule has 0 aromatic heterocycles. The number of halogens is 3. The molecule has 3 saturated heterocycles. The highest BCUT2D eigenvalue weighted by atomic mass is 32.2.